The van der Waals surface area contributed by atoms with Crippen molar-refractivity contribution in [3.8, 4) is 0 Å². The maximum atomic E-state index is 10.9. The Hall–Kier alpha value is -1.13. The van der Waals surface area contributed by atoms with Crippen molar-refractivity contribution in [2.45, 2.75) is 6.54 Å². The van der Waals surface area contributed by atoms with Crippen LogP contribution in [0, 0.1) is 0 Å². The third-order valence-electron chi connectivity index (χ3n) is 1.48. The summed E-state index contributed by atoms with van der Waals surface area (Å²) in [4.78, 5) is 14.9. The van der Waals surface area contributed by atoms with E-state index in [1.807, 2.05) is 0 Å². The Morgan fingerprint density at radius 2 is 2.46 bits per heavy atom. The van der Waals surface area contributed by atoms with Crippen LogP contribution in [0.3, 0.4) is 0 Å². The molecule has 0 unspecified atom stereocenters. The fourth-order valence-corrected chi connectivity index (χ4v) is 0.965. The summed E-state index contributed by atoms with van der Waals surface area (Å²) in [5.41, 5.74) is 6.70. The van der Waals surface area contributed by atoms with Gasteiger partial charge in [-0.05, 0) is 12.1 Å². The zero-order valence-corrected chi connectivity index (χ0v) is 7.71. The van der Waals surface area contributed by atoms with Gasteiger partial charge < -0.3 is 11.1 Å². The number of nitrogens with one attached hydrogen (secondary N) is 1. The molecule has 0 saturated heterocycles. The molecule has 0 bridgehead atoms. The Morgan fingerprint density at radius 1 is 1.69 bits per heavy atom. The van der Waals surface area contributed by atoms with Crippen LogP contribution in [0.5, 0.6) is 0 Å². The van der Waals surface area contributed by atoms with Gasteiger partial charge in [-0.1, -0.05) is 0 Å². The van der Waals surface area contributed by atoms with Crippen molar-refractivity contribution in [3.05, 3.63) is 24.0 Å². The number of carbonyl (C=O) groups excluding carboxylic acids is 1. The fraction of sp³-hybridized carbons (Fsp3) is 0.250. The third kappa shape index (κ3) is 2.68. The lowest BCUT2D eigenvalue weighted by Gasteiger charge is -2.06. The topological polar surface area (TPSA) is 68.0 Å². The summed E-state index contributed by atoms with van der Waals surface area (Å²) in [6, 6.07) is 3.46. The van der Waals surface area contributed by atoms with Crippen molar-refractivity contribution in [1.82, 2.24) is 4.98 Å². The number of nitrogens with two attached hydrogens (primary N) is 1. The minimum Gasteiger partial charge on any atom is -0.325 e. The van der Waals surface area contributed by atoms with Crippen molar-refractivity contribution < 1.29 is 4.79 Å². The monoisotopic (exact) mass is 199 g/mol. The van der Waals surface area contributed by atoms with Crippen LogP contribution in [0.1, 0.15) is 5.69 Å². The van der Waals surface area contributed by atoms with Crippen LogP contribution >= 0.6 is 11.6 Å². The molecule has 13 heavy (non-hydrogen) atoms. The average molecular weight is 200 g/mol. The summed E-state index contributed by atoms with van der Waals surface area (Å²) in [7, 11) is 0. The average Bonchev–Trinajstić information content (AvgIpc) is 2.18. The number of amides is 1. The van der Waals surface area contributed by atoms with E-state index in [0.717, 1.165) is 0 Å². The number of alkyl halides is 1. The Kier molecular flexibility index (Phi) is 3.67. The van der Waals surface area contributed by atoms with Gasteiger partial charge in [-0.2, -0.15) is 0 Å². The van der Waals surface area contributed by atoms with Crippen LogP contribution in [-0.2, 0) is 11.3 Å². The van der Waals surface area contributed by atoms with Gasteiger partial charge in [-0.3, -0.25) is 9.78 Å². The quantitative estimate of drug-likeness (QED) is 0.705. The van der Waals surface area contributed by atoms with Gasteiger partial charge >= 0.3 is 0 Å². The molecule has 0 aliphatic rings. The van der Waals surface area contributed by atoms with E-state index >= 15 is 0 Å². The molecule has 0 aliphatic carbocycles. The van der Waals surface area contributed by atoms with Gasteiger partial charge in [0.2, 0.25) is 5.91 Å². The fourth-order valence-electron chi connectivity index (χ4n) is 0.898. The summed E-state index contributed by atoms with van der Waals surface area (Å²) in [6.07, 6.45) is 1.62. The lowest BCUT2D eigenvalue weighted by Crippen LogP contribution is -2.15. The van der Waals surface area contributed by atoms with Gasteiger partial charge in [0.25, 0.3) is 0 Å². The van der Waals surface area contributed by atoms with E-state index in [1.54, 1.807) is 18.3 Å². The van der Waals surface area contributed by atoms with Crippen LogP contribution in [0.15, 0.2) is 18.3 Å². The molecule has 0 spiro atoms. The molecule has 0 saturated carbocycles. The number of aromatic nitrogens is 1. The number of hydrogen-bond donors (Lipinski definition) is 2. The highest BCUT2D eigenvalue weighted by atomic mass is 35.5. The standard InChI is InChI=1S/C8H10ClN3O/c9-4-8(13)12-6-2-1-3-11-7(6)5-10/h1-3H,4-5,10H2,(H,12,13). The van der Waals surface area contributed by atoms with Crippen LogP contribution in [-0.4, -0.2) is 16.8 Å². The van der Waals surface area contributed by atoms with Gasteiger partial charge in [0.05, 0.1) is 11.4 Å². The van der Waals surface area contributed by atoms with E-state index < -0.39 is 0 Å². The molecule has 0 aliphatic heterocycles. The number of rotatable bonds is 3. The summed E-state index contributed by atoms with van der Waals surface area (Å²) in [5, 5.41) is 2.60. The highest BCUT2D eigenvalue weighted by Crippen LogP contribution is 2.10. The van der Waals surface area contributed by atoms with Crippen molar-refractivity contribution in [3.63, 3.8) is 0 Å². The summed E-state index contributed by atoms with van der Waals surface area (Å²) >= 11 is 5.33. The lowest BCUT2D eigenvalue weighted by molar-refractivity contribution is -0.113. The second-order valence-corrected chi connectivity index (χ2v) is 2.65. The molecule has 0 radical (unpaired) electrons. The maximum Gasteiger partial charge on any atom is 0.239 e. The minimum atomic E-state index is -0.260. The first-order valence-electron chi connectivity index (χ1n) is 3.77. The molecule has 0 aromatic carbocycles. The van der Waals surface area contributed by atoms with Crippen molar-refractivity contribution >= 4 is 23.2 Å². The number of halogens is 1. The lowest BCUT2D eigenvalue weighted by atomic mass is 10.3. The predicted octanol–water partition coefficient (Wildman–Crippen LogP) is 0.718. The van der Waals surface area contributed by atoms with Crippen LogP contribution in [0.2, 0.25) is 0 Å². The summed E-state index contributed by atoms with van der Waals surface area (Å²) in [6.45, 7) is 0.290. The first kappa shape index (κ1) is 9.95. The number of hydrogen-bond acceptors (Lipinski definition) is 3. The zero-order chi connectivity index (χ0) is 9.68. The number of pyridine rings is 1. The summed E-state index contributed by atoms with van der Waals surface area (Å²) in [5.74, 6) is -0.330. The molecule has 1 heterocycles. The number of anilines is 1. The highest BCUT2D eigenvalue weighted by molar-refractivity contribution is 6.29. The second kappa shape index (κ2) is 4.79. The summed E-state index contributed by atoms with van der Waals surface area (Å²) < 4.78 is 0. The molecular formula is C8H10ClN3O. The van der Waals surface area contributed by atoms with Gasteiger partial charge in [0, 0.05) is 12.7 Å². The SMILES string of the molecule is NCc1ncccc1NC(=O)CCl. The first-order valence-corrected chi connectivity index (χ1v) is 4.31. The Balaban J connectivity index is 2.81. The molecule has 1 rings (SSSR count). The van der Waals surface area contributed by atoms with E-state index in [0.29, 0.717) is 17.9 Å². The third-order valence-corrected chi connectivity index (χ3v) is 1.72. The maximum absolute atomic E-state index is 10.9. The predicted molar refractivity (Wildman–Crippen MR) is 51.5 cm³/mol. The van der Waals surface area contributed by atoms with E-state index in [-0.39, 0.29) is 11.8 Å². The Bertz CT molecular complexity index is 303. The minimum absolute atomic E-state index is 0.0705. The first-order chi connectivity index (χ1) is 6.27. The van der Waals surface area contributed by atoms with Gasteiger partial charge in [0.15, 0.2) is 0 Å². The molecule has 4 nitrogen and oxygen atoms in total. The molecule has 5 heteroatoms. The van der Waals surface area contributed by atoms with Crippen molar-refractivity contribution in [1.29, 1.82) is 0 Å². The van der Waals surface area contributed by atoms with E-state index in [1.165, 1.54) is 0 Å². The van der Waals surface area contributed by atoms with Gasteiger partial charge in [0.1, 0.15) is 5.88 Å². The van der Waals surface area contributed by atoms with Crippen LogP contribution < -0.4 is 11.1 Å². The highest BCUT2D eigenvalue weighted by Gasteiger charge is 2.04. The second-order valence-electron chi connectivity index (χ2n) is 2.38. The Labute approximate surface area is 81.1 Å². The number of carbonyl (C=O) groups is 1. The van der Waals surface area contributed by atoms with E-state index in [9.17, 15) is 4.79 Å². The molecule has 3 N–H and O–H groups in total. The van der Waals surface area contributed by atoms with Gasteiger partial charge in [-0.25, -0.2) is 0 Å². The normalized spacial score (nSPS) is 9.69. The smallest absolute Gasteiger partial charge is 0.239 e. The largest absolute Gasteiger partial charge is 0.325 e. The molecule has 0 fully saturated rings. The molecular weight excluding hydrogens is 190 g/mol. The number of nitrogens with zero attached hydrogens (tertiary/aromatic N) is 1. The van der Waals surface area contributed by atoms with Crippen LogP contribution in [0.25, 0.3) is 0 Å². The molecule has 1 aromatic rings. The Morgan fingerprint density at radius 3 is 3.08 bits per heavy atom. The van der Waals surface area contributed by atoms with E-state index in [4.69, 9.17) is 17.3 Å². The molecule has 0 atom stereocenters. The molecule has 1 amide bonds. The van der Waals surface area contributed by atoms with Gasteiger partial charge in [-0.15, -0.1) is 11.6 Å². The molecule has 70 valence electrons. The van der Waals surface area contributed by atoms with Crippen molar-refractivity contribution in [2.75, 3.05) is 11.2 Å². The van der Waals surface area contributed by atoms with Crippen LogP contribution in [0.4, 0.5) is 5.69 Å². The zero-order valence-electron chi connectivity index (χ0n) is 6.96. The molecule has 1 aromatic heterocycles. The van der Waals surface area contributed by atoms with E-state index in [2.05, 4.69) is 10.3 Å². The van der Waals surface area contributed by atoms with Crippen molar-refractivity contribution in [2.24, 2.45) is 5.73 Å².